The first-order valence-electron chi connectivity index (χ1n) is 6.62. The summed E-state index contributed by atoms with van der Waals surface area (Å²) in [6.45, 7) is 5.83. The Labute approximate surface area is 108 Å². The van der Waals surface area contributed by atoms with Crippen LogP contribution in [0.4, 0.5) is 4.39 Å². The molecule has 1 aromatic carbocycles. The number of aromatic hydroxyl groups is 1. The predicted molar refractivity (Wildman–Crippen MR) is 70.0 cm³/mol. The number of nitrogens with zero attached hydrogens (tertiary/aromatic N) is 1. The minimum atomic E-state index is -0.372. The van der Waals surface area contributed by atoms with Crippen LogP contribution in [0.15, 0.2) is 18.2 Å². The van der Waals surface area contributed by atoms with Crippen molar-refractivity contribution in [2.24, 2.45) is 0 Å². The Bertz CT molecular complexity index is 371. The molecule has 18 heavy (non-hydrogen) atoms. The average molecular weight is 252 g/mol. The molecular formula is C14H21FN2O. The van der Waals surface area contributed by atoms with Crippen molar-refractivity contribution < 1.29 is 9.50 Å². The van der Waals surface area contributed by atoms with Crippen molar-refractivity contribution in [3.05, 3.63) is 29.6 Å². The number of nitrogens with one attached hydrogen (secondary N) is 1. The van der Waals surface area contributed by atoms with Crippen LogP contribution in [0.2, 0.25) is 0 Å². The minimum absolute atomic E-state index is 0.00261. The first-order chi connectivity index (χ1) is 8.69. The molecule has 2 N–H and O–H groups in total. The Morgan fingerprint density at radius 2 is 2.28 bits per heavy atom. The van der Waals surface area contributed by atoms with Gasteiger partial charge in [-0.1, -0.05) is 6.92 Å². The Morgan fingerprint density at radius 3 is 2.89 bits per heavy atom. The van der Waals surface area contributed by atoms with Crippen LogP contribution >= 0.6 is 0 Å². The lowest BCUT2D eigenvalue weighted by Gasteiger charge is -2.34. The molecule has 1 aromatic rings. The fourth-order valence-corrected chi connectivity index (χ4v) is 2.60. The van der Waals surface area contributed by atoms with Gasteiger partial charge in [-0.05, 0) is 43.6 Å². The molecule has 0 radical (unpaired) electrons. The topological polar surface area (TPSA) is 35.5 Å². The summed E-state index contributed by atoms with van der Waals surface area (Å²) in [7, 11) is 0. The molecule has 1 heterocycles. The molecule has 0 saturated carbocycles. The van der Waals surface area contributed by atoms with Gasteiger partial charge >= 0.3 is 0 Å². The highest BCUT2D eigenvalue weighted by Crippen LogP contribution is 2.19. The van der Waals surface area contributed by atoms with Gasteiger partial charge < -0.3 is 10.4 Å². The normalized spacial score (nSPS) is 20.3. The molecule has 0 amide bonds. The first kappa shape index (κ1) is 13.3. The lowest BCUT2D eigenvalue weighted by molar-refractivity contribution is 0.166. The monoisotopic (exact) mass is 252 g/mol. The second-order valence-corrected chi connectivity index (χ2v) is 4.88. The summed E-state index contributed by atoms with van der Waals surface area (Å²) < 4.78 is 13.2. The summed E-state index contributed by atoms with van der Waals surface area (Å²) in [6, 6.07) is 4.79. The fraction of sp³-hybridized carbons (Fsp3) is 0.571. The molecule has 1 aliphatic rings. The molecule has 1 fully saturated rings. The summed E-state index contributed by atoms with van der Waals surface area (Å²) in [5.74, 6) is -0.370. The highest BCUT2D eigenvalue weighted by atomic mass is 19.1. The Balaban J connectivity index is 2.04. The number of rotatable bonds is 4. The molecule has 0 aliphatic carbocycles. The van der Waals surface area contributed by atoms with Crippen LogP contribution in [0.1, 0.15) is 25.3 Å². The lowest BCUT2D eigenvalue weighted by atomic mass is 10.0. The van der Waals surface area contributed by atoms with Crippen LogP contribution in [-0.4, -0.2) is 35.7 Å². The third kappa shape index (κ3) is 3.43. The molecule has 1 aliphatic heterocycles. The minimum Gasteiger partial charge on any atom is -0.508 e. The van der Waals surface area contributed by atoms with Crippen molar-refractivity contribution in [3.8, 4) is 5.75 Å². The highest BCUT2D eigenvalue weighted by Gasteiger charge is 2.19. The van der Waals surface area contributed by atoms with Crippen LogP contribution in [0, 0.1) is 5.82 Å². The van der Waals surface area contributed by atoms with E-state index in [2.05, 4.69) is 17.1 Å². The van der Waals surface area contributed by atoms with Gasteiger partial charge in [-0.15, -0.1) is 0 Å². The molecule has 1 unspecified atom stereocenters. The summed E-state index contributed by atoms with van der Waals surface area (Å²) in [5, 5.41) is 12.8. The molecule has 4 heteroatoms. The Kier molecular flexibility index (Phi) is 4.55. The molecular weight excluding hydrogens is 231 g/mol. The van der Waals surface area contributed by atoms with Crippen molar-refractivity contribution in [2.45, 2.75) is 32.4 Å². The number of phenolic OH excluding ortho intramolecular Hbond substituents is 1. The molecule has 100 valence electrons. The van der Waals surface area contributed by atoms with Gasteiger partial charge in [-0.3, -0.25) is 4.90 Å². The zero-order valence-electron chi connectivity index (χ0n) is 10.8. The molecule has 0 aromatic heterocycles. The number of piperidine rings is 1. The quantitative estimate of drug-likeness (QED) is 0.861. The molecule has 1 atom stereocenters. The largest absolute Gasteiger partial charge is 0.508 e. The van der Waals surface area contributed by atoms with Gasteiger partial charge in [0.2, 0.25) is 0 Å². The summed E-state index contributed by atoms with van der Waals surface area (Å²) in [5.41, 5.74) is 0.833. The Hall–Kier alpha value is -1.13. The number of hydrogen-bond acceptors (Lipinski definition) is 3. The highest BCUT2D eigenvalue weighted by molar-refractivity contribution is 5.28. The number of likely N-dealkylation sites (N-methyl/N-ethyl adjacent to an activating group) is 1. The lowest BCUT2D eigenvalue weighted by Crippen LogP contribution is -2.45. The van der Waals surface area contributed by atoms with E-state index in [1.807, 2.05) is 0 Å². The van der Waals surface area contributed by atoms with E-state index in [9.17, 15) is 9.50 Å². The van der Waals surface area contributed by atoms with E-state index < -0.39 is 0 Å². The van der Waals surface area contributed by atoms with Crippen LogP contribution in [0.5, 0.6) is 5.75 Å². The van der Waals surface area contributed by atoms with E-state index in [0.717, 1.165) is 31.3 Å². The smallest absolute Gasteiger partial charge is 0.127 e. The SMILES string of the molecule is CCN(Cc1cc(O)cc(F)c1)C1CCCNC1. The van der Waals surface area contributed by atoms with Gasteiger partial charge in [0.25, 0.3) is 0 Å². The summed E-state index contributed by atoms with van der Waals surface area (Å²) in [4.78, 5) is 2.33. The van der Waals surface area contributed by atoms with Gasteiger partial charge in [0.1, 0.15) is 11.6 Å². The van der Waals surface area contributed by atoms with Crippen molar-refractivity contribution in [1.29, 1.82) is 0 Å². The Morgan fingerprint density at radius 1 is 1.44 bits per heavy atom. The standard InChI is InChI=1S/C14H21FN2O/c1-2-17(13-4-3-5-16-9-13)10-11-6-12(15)8-14(18)7-11/h6-8,13,16,18H,2-5,9-10H2,1H3. The van der Waals surface area contributed by atoms with Crippen molar-refractivity contribution in [2.75, 3.05) is 19.6 Å². The second kappa shape index (κ2) is 6.16. The molecule has 0 spiro atoms. The molecule has 0 bridgehead atoms. The van der Waals surface area contributed by atoms with Crippen molar-refractivity contribution in [3.63, 3.8) is 0 Å². The van der Waals surface area contributed by atoms with Gasteiger partial charge in [-0.25, -0.2) is 4.39 Å². The van der Waals surface area contributed by atoms with E-state index >= 15 is 0 Å². The number of benzene rings is 1. The fourth-order valence-electron chi connectivity index (χ4n) is 2.60. The predicted octanol–water partition coefficient (Wildman–Crippen LogP) is 2.11. The first-order valence-corrected chi connectivity index (χ1v) is 6.62. The number of halogens is 1. The van der Waals surface area contributed by atoms with Crippen LogP contribution < -0.4 is 5.32 Å². The molecule has 3 nitrogen and oxygen atoms in total. The number of hydrogen-bond donors (Lipinski definition) is 2. The zero-order valence-corrected chi connectivity index (χ0v) is 10.8. The van der Waals surface area contributed by atoms with Crippen LogP contribution in [0.3, 0.4) is 0 Å². The zero-order chi connectivity index (χ0) is 13.0. The maximum atomic E-state index is 13.2. The van der Waals surface area contributed by atoms with E-state index in [-0.39, 0.29) is 11.6 Å². The average Bonchev–Trinajstić information content (AvgIpc) is 2.36. The number of phenols is 1. The molecule has 1 saturated heterocycles. The summed E-state index contributed by atoms with van der Waals surface area (Å²) in [6.07, 6.45) is 2.37. The maximum Gasteiger partial charge on any atom is 0.127 e. The summed E-state index contributed by atoms with van der Waals surface area (Å²) >= 11 is 0. The van der Waals surface area contributed by atoms with Crippen molar-refractivity contribution in [1.82, 2.24) is 10.2 Å². The van der Waals surface area contributed by atoms with E-state index in [1.165, 1.54) is 18.9 Å². The third-order valence-electron chi connectivity index (χ3n) is 3.52. The van der Waals surface area contributed by atoms with Gasteiger partial charge in [0.05, 0.1) is 0 Å². The maximum absolute atomic E-state index is 13.2. The van der Waals surface area contributed by atoms with Crippen LogP contribution in [-0.2, 0) is 6.54 Å². The van der Waals surface area contributed by atoms with Gasteiger partial charge in [0.15, 0.2) is 0 Å². The van der Waals surface area contributed by atoms with Crippen LogP contribution in [0.25, 0.3) is 0 Å². The van der Waals surface area contributed by atoms with E-state index in [0.29, 0.717) is 12.6 Å². The van der Waals surface area contributed by atoms with Crippen molar-refractivity contribution >= 4 is 0 Å². The van der Waals surface area contributed by atoms with E-state index in [4.69, 9.17) is 0 Å². The van der Waals surface area contributed by atoms with E-state index in [1.54, 1.807) is 6.07 Å². The molecule has 2 rings (SSSR count). The third-order valence-corrected chi connectivity index (χ3v) is 3.52. The second-order valence-electron chi connectivity index (χ2n) is 4.88. The van der Waals surface area contributed by atoms with Gasteiger partial charge in [0, 0.05) is 25.2 Å². The van der Waals surface area contributed by atoms with Gasteiger partial charge in [-0.2, -0.15) is 0 Å².